The zero-order valence-corrected chi connectivity index (χ0v) is 37.6. The van der Waals surface area contributed by atoms with Crippen molar-refractivity contribution in [3.63, 3.8) is 0 Å². The second-order valence-corrected chi connectivity index (χ2v) is 20.4. The van der Waals surface area contributed by atoms with Crippen molar-refractivity contribution in [2.24, 2.45) is 29.6 Å². The largest absolute Gasteiger partial charge is 0.510 e. The van der Waals surface area contributed by atoms with Gasteiger partial charge in [0.1, 0.15) is 11.7 Å². The fourth-order valence-corrected chi connectivity index (χ4v) is 12.1. The number of ether oxygens (including phenoxy) is 3. The van der Waals surface area contributed by atoms with Crippen LogP contribution >= 0.6 is 11.6 Å². The van der Waals surface area contributed by atoms with Crippen molar-refractivity contribution in [3.05, 3.63) is 40.4 Å². The molecule has 11 atom stereocenters. The van der Waals surface area contributed by atoms with Crippen molar-refractivity contribution >= 4 is 47.4 Å². The lowest BCUT2D eigenvalue weighted by atomic mass is 9.48. The van der Waals surface area contributed by atoms with Crippen molar-refractivity contribution in [2.45, 2.75) is 155 Å². The molecule has 16 heteroatoms. The van der Waals surface area contributed by atoms with Crippen molar-refractivity contribution in [2.75, 3.05) is 18.7 Å². The molecule has 332 valence electrons. The number of nitrogens with zero attached hydrogens (tertiary/aromatic N) is 3. The number of hydrogen-bond donors (Lipinski definition) is 2. The maximum atomic E-state index is 15.1. The van der Waals surface area contributed by atoms with E-state index in [-0.39, 0.29) is 40.1 Å². The van der Waals surface area contributed by atoms with Crippen LogP contribution in [0.4, 0.5) is 15.3 Å². The van der Waals surface area contributed by atoms with Crippen LogP contribution in [0.2, 0.25) is 5.02 Å². The number of carboxylic acids is 1. The molecule has 2 heterocycles. The van der Waals surface area contributed by atoms with Gasteiger partial charge in [-0.15, -0.1) is 0 Å². The topological polar surface area (TPSA) is 192 Å². The van der Waals surface area contributed by atoms with Crippen LogP contribution in [0.5, 0.6) is 0 Å². The first kappa shape index (κ1) is 45.6. The summed E-state index contributed by atoms with van der Waals surface area (Å²) in [6.45, 7) is 18.0. The first-order valence-corrected chi connectivity index (χ1v) is 21.3. The van der Waals surface area contributed by atoms with Crippen LogP contribution in [-0.4, -0.2) is 104 Å². The third kappa shape index (κ3) is 6.76. The summed E-state index contributed by atoms with van der Waals surface area (Å²) in [5.74, 6) is -6.30. The van der Waals surface area contributed by atoms with Crippen LogP contribution in [0.1, 0.15) is 114 Å². The Hall–Kier alpha value is -3.92. The first-order valence-electron chi connectivity index (χ1n) is 20.9. The highest BCUT2D eigenvalue weighted by molar-refractivity contribution is 6.33. The van der Waals surface area contributed by atoms with Crippen LogP contribution in [0.3, 0.4) is 0 Å². The third-order valence-electron chi connectivity index (χ3n) is 14.1. The average Bonchev–Trinajstić information content (AvgIpc) is 3.90. The molecule has 2 aliphatic heterocycles. The number of aliphatic hydroxyl groups is 1. The standard InChI is InChI=1S/C44H62ClN3O12/c1-23-20-31-29(24(2)21-47(26(4)49)28-17-18-28)19-16-25(3)44(31,56)35(34(23)57-27(5)50)42(37(51)52)22-43(59-39(55)58-41(9,10)11)30-14-13-15-32(45)33(30)46(12)60-36(43)48(42,38(53)54)40(6,7)8/h13-15,20,24-25,28-29,31,34-36,56H,16-19,21-22H2,1-12H3,(H-,51,52,53,54)/t24?,25-,29+,31-,34+,35-,36-,42+,43-,44-,48?/m1/s1. The minimum absolute atomic E-state index is 0.0628. The van der Waals surface area contributed by atoms with Gasteiger partial charge in [-0.05, 0) is 104 Å². The minimum Gasteiger partial charge on any atom is -0.498 e. The highest BCUT2D eigenvalue weighted by Crippen LogP contribution is 2.69. The Morgan fingerprint density at radius 2 is 1.72 bits per heavy atom. The third-order valence-corrected chi connectivity index (χ3v) is 14.4. The fourth-order valence-electron chi connectivity index (χ4n) is 11.8. The molecule has 1 saturated heterocycles. The molecule has 2 amide bonds. The second kappa shape index (κ2) is 15.2. The second-order valence-electron chi connectivity index (χ2n) is 20.0. The maximum Gasteiger partial charge on any atom is 0.510 e. The Balaban J connectivity index is 1.72. The molecule has 5 aliphatic rings. The zero-order chi connectivity index (χ0) is 44.9. The van der Waals surface area contributed by atoms with Gasteiger partial charge in [0.25, 0.3) is 12.3 Å². The van der Waals surface area contributed by atoms with Crippen LogP contribution in [0, 0.1) is 29.6 Å². The average molecular weight is 860 g/mol. The van der Waals surface area contributed by atoms with Gasteiger partial charge in [-0.1, -0.05) is 43.7 Å². The summed E-state index contributed by atoms with van der Waals surface area (Å²) in [5, 5.41) is 42.4. The Labute approximate surface area is 357 Å². The van der Waals surface area contributed by atoms with Crippen LogP contribution in [0.15, 0.2) is 29.8 Å². The summed E-state index contributed by atoms with van der Waals surface area (Å²) in [6.07, 6.45) is -2.74. The molecule has 2 unspecified atom stereocenters. The summed E-state index contributed by atoms with van der Waals surface area (Å²) in [5.41, 5.74) is -9.21. The van der Waals surface area contributed by atoms with E-state index in [4.69, 9.17) is 30.6 Å². The highest BCUT2D eigenvalue weighted by Gasteiger charge is 2.88. The number of carbonyl (C=O) groups excluding carboxylic acids is 4. The molecule has 1 aromatic carbocycles. The Morgan fingerprint density at radius 3 is 2.23 bits per heavy atom. The SMILES string of the molecule is CC(=O)O[C@H]1C(C)=C[C@@H]2[C@H](C(C)CN(C(C)=O)C3CC3)CC[C@@H](C)[C@]2(O)[C@H]1[C@]1(C(=O)O)C[C@@]2(OC(=O)OC(C)(C)C)c3cccc(Cl)c3N(C)O[C@H]2[N+]1(C(=O)[O-])C(C)(C)C. The first-order chi connectivity index (χ1) is 27.6. The van der Waals surface area contributed by atoms with Gasteiger partial charge in [0.15, 0.2) is 0 Å². The van der Waals surface area contributed by atoms with Gasteiger partial charge in [0, 0.05) is 45.0 Å². The Bertz CT molecular complexity index is 1970. The lowest BCUT2D eigenvalue weighted by molar-refractivity contribution is -0.991. The van der Waals surface area contributed by atoms with E-state index in [9.17, 15) is 34.5 Å². The van der Waals surface area contributed by atoms with Crippen molar-refractivity contribution < 1.29 is 62.8 Å². The van der Waals surface area contributed by atoms with Gasteiger partial charge in [-0.2, -0.15) is 0 Å². The number of hydrogen-bond acceptors (Lipinski definition) is 12. The Kier molecular flexibility index (Phi) is 11.5. The van der Waals surface area contributed by atoms with E-state index >= 15 is 4.79 Å². The van der Waals surface area contributed by atoms with E-state index in [1.54, 1.807) is 52.8 Å². The molecule has 3 fully saturated rings. The van der Waals surface area contributed by atoms with Gasteiger partial charge in [0.05, 0.1) is 34.2 Å². The van der Waals surface area contributed by atoms with E-state index in [2.05, 4.69) is 0 Å². The molecular weight excluding hydrogens is 798 g/mol. The smallest absolute Gasteiger partial charge is 0.498 e. The number of likely N-dealkylation sites (tertiary alicyclic amines) is 1. The van der Waals surface area contributed by atoms with Gasteiger partial charge in [-0.25, -0.2) is 24.0 Å². The molecule has 0 bridgehead atoms. The van der Waals surface area contributed by atoms with Crippen molar-refractivity contribution in [1.29, 1.82) is 0 Å². The predicted octanol–water partition coefficient (Wildman–Crippen LogP) is 5.93. The highest BCUT2D eigenvalue weighted by atomic mass is 35.5. The van der Waals surface area contributed by atoms with Crippen LogP contribution in [0.25, 0.3) is 0 Å². The van der Waals surface area contributed by atoms with Gasteiger partial charge < -0.3 is 39.2 Å². The summed E-state index contributed by atoms with van der Waals surface area (Å²) >= 11 is 6.82. The molecule has 6 rings (SSSR count). The van der Waals surface area contributed by atoms with E-state index < -0.39 is 93.1 Å². The van der Waals surface area contributed by atoms with E-state index in [1.807, 2.05) is 17.9 Å². The molecule has 0 spiro atoms. The van der Waals surface area contributed by atoms with Crippen LogP contribution in [-0.2, 0) is 39.0 Å². The summed E-state index contributed by atoms with van der Waals surface area (Å²) < 4.78 is 16.7. The number of fused-ring (bicyclic) bond motifs is 4. The molecule has 0 aromatic heterocycles. The molecule has 2 N–H and O–H groups in total. The predicted molar refractivity (Wildman–Crippen MR) is 217 cm³/mol. The lowest BCUT2D eigenvalue weighted by Gasteiger charge is -2.64. The van der Waals surface area contributed by atoms with Gasteiger partial charge in [-0.3, -0.25) is 9.59 Å². The maximum absolute atomic E-state index is 15.1. The number of anilines is 1. The van der Waals surface area contributed by atoms with E-state index in [0.717, 1.165) is 12.8 Å². The molecule has 60 heavy (non-hydrogen) atoms. The summed E-state index contributed by atoms with van der Waals surface area (Å²) in [6, 6.07) is 4.82. The fraction of sp³-hybridized carbons (Fsp3) is 0.705. The quantitative estimate of drug-likeness (QED) is 0.178. The number of amides is 2. The summed E-state index contributed by atoms with van der Waals surface area (Å²) in [4.78, 5) is 78.6. The number of carbonyl (C=O) groups is 5. The van der Waals surface area contributed by atoms with E-state index in [0.29, 0.717) is 25.0 Å². The summed E-state index contributed by atoms with van der Waals surface area (Å²) in [7, 11) is 1.48. The van der Waals surface area contributed by atoms with Crippen LogP contribution < -0.4 is 10.2 Å². The number of halogens is 1. The van der Waals surface area contributed by atoms with Gasteiger partial charge in [0.2, 0.25) is 17.0 Å². The number of hydroxylamine groups is 1. The molecule has 0 radical (unpaired) electrons. The number of carboxylic acid groups (broad SMARTS) is 2. The Morgan fingerprint density at radius 1 is 1.08 bits per heavy atom. The number of aliphatic carboxylic acids is 1. The number of benzene rings is 1. The van der Waals surface area contributed by atoms with Crippen molar-refractivity contribution in [1.82, 2.24) is 4.90 Å². The molecular formula is C44H62ClN3O12. The number of para-hydroxylation sites is 1. The molecule has 1 aromatic rings. The monoisotopic (exact) mass is 859 g/mol. The van der Waals surface area contributed by atoms with Gasteiger partial charge >= 0.3 is 18.1 Å². The molecule has 2 saturated carbocycles. The number of quaternary nitrogens is 1. The normalized spacial score (nSPS) is 35.5. The lowest BCUT2D eigenvalue weighted by Crippen LogP contribution is -2.86. The minimum atomic E-state index is -2.77. The molecule has 3 aliphatic carbocycles. The molecule has 15 nitrogen and oxygen atoms in total. The van der Waals surface area contributed by atoms with E-state index in [1.165, 1.54) is 46.7 Å². The van der Waals surface area contributed by atoms with Crippen molar-refractivity contribution in [3.8, 4) is 0 Å². The zero-order valence-electron chi connectivity index (χ0n) is 36.9. The number of rotatable bonds is 8. The number of esters is 1.